The van der Waals surface area contributed by atoms with Crippen LogP contribution in [0.2, 0.25) is 0 Å². The number of ether oxygens (including phenoxy) is 1. The molecule has 0 spiro atoms. The first-order chi connectivity index (χ1) is 30.1. The van der Waals surface area contributed by atoms with Crippen molar-refractivity contribution >= 4 is 25.7 Å². The summed E-state index contributed by atoms with van der Waals surface area (Å²) in [6.45, 7) is 2.66. The first-order valence-corrected chi connectivity index (χ1v) is 27.6. The van der Waals surface area contributed by atoms with Gasteiger partial charge in [0, 0.05) is 12.8 Å². The van der Waals surface area contributed by atoms with Crippen molar-refractivity contribution < 1.29 is 47.8 Å². The molecule has 0 aliphatic carbocycles. The van der Waals surface area contributed by atoms with E-state index in [0.29, 0.717) is 12.8 Å². The zero-order valence-corrected chi connectivity index (χ0v) is 41.1. The molecular formula is C50H98NO10P. The average molecular weight is 904 g/mol. The van der Waals surface area contributed by atoms with E-state index in [-0.39, 0.29) is 12.8 Å². The highest BCUT2D eigenvalue weighted by Gasteiger charge is 2.28. The van der Waals surface area contributed by atoms with Crippen LogP contribution in [0.1, 0.15) is 271 Å². The lowest BCUT2D eigenvalue weighted by Gasteiger charge is -2.18. The molecule has 3 unspecified atom stereocenters. The summed E-state index contributed by atoms with van der Waals surface area (Å²) in [4.78, 5) is 46.1. The van der Waals surface area contributed by atoms with Crippen molar-refractivity contribution in [2.24, 2.45) is 0 Å². The number of phosphoric acid groups is 1. The monoisotopic (exact) mass is 904 g/mol. The Labute approximate surface area is 380 Å². The van der Waals surface area contributed by atoms with Crippen LogP contribution < -0.4 is 5.32 Å². The van der Waals surface area contributed by atoms with Gasteiger partial charge in [-0.05, 0) is 12.8 Å². The standard InChI is InChI=1S/C50H98NO10P/c1-3-5-7-9-11-13-15-17-19-21-22-23-24-25-26-27-29-31-33-35-37-39-41-48(53)51-47(50(55)56)45-61-62(57,58)60-44-46(52)43-59-49(54)42-40-38-36-34-32-30-28-20-18-16-14-12-10-8-6-4-2/h46-47,52H,3-45H2,1-2H3,(H,51,53)(H,55,56)(H,57,58). The van der Waals surface area contributed by atoms with Crippen LogP contribution in [0.25, 0.3) is 0 Å². The van der Waals surface area contributed by atoms with E-state index in [1.54, 1.807) is 0 Å². The van der Waals surface area contributed by atoms with Crippen LogP contribution in [0.15, 0.2) is 0 Å². The smallest absolute Gasteiger partial charge is 0.472 e. The second-order valence-corrected chi connectivity index (χ2v) is 19.5. The predicted molar refractivity (Wildman–Crippen MR) is 254 cm³/mol. The van der Waals surface area contributed by atoms with Crippen molar-refractivity contribution in [2.75, 3.05) is 19.8 Å². The van der Waals surface area contributed by atoms with Gasteiger partial charge < -0.3 is 25.2 Å². The number of carbonyl (C=O) groups is 3. The number of amides is 1. The van der Waals surface area contributed by atoms with Gasteiger partial charge in [0.15, 0.2) is 6.04 Å². The van der Waals surface area contributed by atoms with Crippen LogP contribution in [0.4, 0.5) is 0 Å². The number of phosphoric ester groups is 1. The second kappa shape index (κ2) is 46.0. The summed E-state index contributed by atoms with van der Waals surface area (Å²) in [7, 11) is -4.75. The molecule has 0 aliphatic rings. The zero-order chi connectivity index (χ0) is 45.6. The second-order valence-electron chi connectivity index (χ2n) is 18.1. The fraction of sp³-hybridized carbons (Fsp3) is 0.940. The Morgan fingerprint density at radius 3 is 1.06 bits per heavy atom. The van der Waals surface area contributed by atoms with Crippen molar-refractivity contribution in [2.45, 2.75) is 283 Å². The van der Waals surface area contributed by atoms with Crippen molar-refractivity contribution in [1.82, 2.24) is 5.32 Å². The maximum absolute atomic E-state index is 12.4. The molecule has 62 heavy (non-hydrogen) atoms. The Bertz CT molecular complexity index is 1060. The van der Waals surface area contributed by atoms with E-state index in [1.807, 2.05) is 0 Å². The molecule has 0 heterocycles. The molecule has 0 aromatic carbocycles. The number of rotatable bonds is 50. The number of aliphatic hydroxyl groups is 1. The minimum Gasteiger partial charge on any atom is -0.480 e. The molecule has 1 amide bonds. The first-order valence-electron chi connectivity index (χ1n) is 26.1. The molecule has 11 nitrogen and oxygen atoms in total. The van der Waals surface area contributed by atoms with Crippen molar-refractivity contribution in [3.8, 4) is 0 Å². The molecule has 0 radical (unpaired) electrons. The molecule has 4 N–H and O–H groups in total. The van der Waals surface area contributed by atoms with Crippen molar-refractivity contribution in [1.29, 1.82) is 0 Å². The van der Waals surface area contributed by atoms with Gasteiger partial charge in [-0.3, -0.25) is 18.6 Å². The van der Waals surface area contributed by atoms with Crippen LogP contribution in [-0.4, -0.2) is 64.9 Å². The number of aliphatic carboxylic acids is 1. The molecule has 0 rings (SSSR count). The SMILES string of the molecule is CCCCCCCCCCCCCCCCCCCCCCCCC(=O)NC(COP(=O)(O)OCC(O)COC(=O)CCCCCCCCCCCCCCCCCC)C(=O)O. The third kappa shape index (κ3) is 45.1. The minimum absolute atomic E-state index is 0.153. The Hall–Kier alpha value is -1.52. The first kappa shape index (κ1) is 60.5. The summed E-state index contributed by atoms with van der Waals surface area (Å²) in [6.07, 6.45) is 47.0. The molecule has 0 aromatic rings. The van der Waals surface area contributed by atoms with Gasteiger partial charge in [0.2, 0.25) is 5.91 Å². The van der Waals surface area contributed by atoms with E-state index in [4.69, 9.17) is 13.8 Å². The topological polar surface area (TPSA) is 169 Å². The molecule has 3 atom stereocenters. The normalized spacial score (nSPS) is 13.5. The van der Waals surface area contributed by atoms with Gasteiger partial charge in [-0.2, -0.15) is 0 Å². The molecule has 0 aromatic heterocycles. The number of aliphatic hydroxyl groups excluding tert-OH is 1. The molecule has 0 saturated heterocycles. The van der Waals surface area contributed by atoms with E-state index < -0.39 is 57.6 Å². The van der Waals surface area contributed by atoms with E-state index >= 15 is 0 Å². The largest absolute Gasteiger partial charge is 0.480 e. The number of esters is 1. The zero-order valence-electron chi connectivity index (χ0n) is 40.2. The van der Waals surface area contributed by atoms with E-state index in [1.165, 1.54) is 193 Å². The summed E-state index contributed by atoms with van der Waals surface area (Å²) >= 11 is 0. The molecule has 0 fully saturated rings. The summed E-state index contributed by atoms with van der Waals surface area (Å²) in [5.41, 5.74) is 0. The molecule has 12 heteroatoms. The number of hydrogen-bond acceptors (Lipinski definition) is 8. The number of nitrogens with one attached hydrogen (secondary N) is 1. The number of unbranched alkanes of at least 4 members (excludes halogenated alkanes) is 36. The van der Waals surface area contributed by atoms with Crippen LogP contribution >= 0.6 is 7.82 Å². The Balaban J connectivity index is 3.77. The highest BCUT2D eigenvalue weighted by atomic mass is 31.2. The Kier molecular flexibility index (Phi) is 44.9. The Morgan fingerprint density at radius 1 is 0.452 bits per heavy atom. The maximum Gasteiger partial charge on any atom is 0.472 e. The maximum atomic E-state index is 12.4. The molecule has 0 aliphatic heterocycles. The van der Waals surface area contributed by atoms with Gasteiger partial charge in [-0.1, -0.05) is 245 Å². The molecular weight excluding hydrogens is 806 g/mol. The van der Waals surface area contributed by atoms with Crippen LogP contribution in [0, 0.1) is 0 Å². The number of hydrogen-bond donors (Lipinski definition) is 4. The summed E-state index contributed by atoms with van der Waals surface area (Å²) in [5, 5.41) is 21.9. The van der Waals surface area contributed by atoms with E-state index in [9.17, 15) is 34.1 Å². The fourth-order valence-corrected chi connectivity index (χ4v) is 8.62. The minimum atomic E-state index is -4.75. The highest BCUT2D eigenvalue weighted by molar-refractivity contribution is 7.47. The van der Waals surface area contributed by atoms with E-state index in [0.717, 1.165) is 38.5 Å². The van der Waals surface area contributed by atoms with E-state index in [2.05, 4.69) is 19.2 Å². The number of carboxylic acids is 1. The Morgan fingerprint density at radius 2 is 0.742 bits per heavy atom. The van der Waals surface area contributed by atoms with Crippen LogP contribution in [0.3, 0.4) is 0 Å². The number of carbonyl (C=O) groups excluding carboxylic acids is 2. The summed E-state index contributed by atoms with van der Waals surface area (Å²) in [6, 6.07) is -1.54. The third-order valence-electron chi connectivity index (χ3n) is 11.9. The van der Waals surface area contributed by atoms with Crippen molar-refractivity contribution in [3.05, 3.63) is 0 Å². The van der Waals surface area contributed by atoms with Crippen LogP contribution in [-0.2, 0) is 32.7 Å². The van der Waals surface area contributed by atoms with Gasteiger partial charge in [-0.15, -0.1) is 0 Å². The van der Waals surface area contributed by atoms with Gasteiger partial charge in [0.1, 0.15) is 12.7 Å². The average Bonchev–Trinajstić information content (AvgIpc) is 3.25. The van der Waals surface area contributed by atoms with Gasteiger partial charge >= 0.3 is 19.8 Å². The summed E-state index contributed by atoms with van der Waals surface area (Å²) in [5.74, 6) is -2.35. The quantitative estimate of drug-likeness (QED) is 0.0262. The molecule has 0 saturated carbocycles. The van der Waals surface area contributed by atoms with Gasteiger partial charge in [0.05, 0.1) is 13.2 Å². The third-order valence-corrected chi connectivity index (χ3v) is 12.8. The van der Waals surface area contributed by atoms with Gasteiger partial charge in [0.25, 0.3) is 0 Å². The van der Waals surface area contributed by atoms with Crippen molar-refractivity contribution in [3.63, 3.8) is 0 Å². The lowest BCUT2D eigenvalue weighted by molar-refractivity contribution is -0.147. The lowest BCUT2D eigenvalue weighted by Crippen LogP contribution is -2.43. The predicted octanol–water partition coefficient (Wildman–Crippen LogP) is 14.2. The molecule has 0 bridgehead atoms. The number of carboxylic acid groups (broad SMARTS) is 1. The fourth-order valence-electron chi connectivity index (χ4n) is 7.85. The van der Waals surface area contributed by atoms with Gasteiger partial charge in [-0.25, -0.2) is 9.36 Å². The lowest BCUT2D eigenvalue weighted by atomic mass is 10.0. The highest BCUT2D eigenvalue weighted by Crippen LogP contribution is 2.43. The molecule has 368 valence electrons. The summed E-state index contributed by atoms with van der Waals surface area (Å²) < 4.78 is 26.9. The van der Waals surface area contributed by atoms with Crippen LogP contribution in [0.5, 0.6) is 0 Å².